The van der Waals surface area contributed by atoms with Gasteiger partial charge >= 0.3 is 0 Å². The first-order chi connectivity index (χ1) is 9.72. The molecule has 1 aliphatic rings. The second-order valence-corrected chi connectivity index (χ2v) is 8.16. The fourth-order valence-electron chi connectivity index (χ4n) is 3.10. The molecule has 0 bridgehead atoms. The third-order valence-electron chi connectivity index (χ3n) is 4.90. The number of benzene rings is 1. The Morgan fingerprint density at radius 3 is 2.43 bits per heavy atom. The zero-order valence-electron chi connectivity index (χ0n) is 13.3. The van der Waals surface area contributed by atoms with Crippen LogP contribution in [0.5, 0.6) is 0 Å². The van der Waals surface area contributed by atoms with Crippen molar-refractivity contribution >= 4 is 15.7 Å². The van der Waals surface area contributed by atoms with Crippen LogP contribution in [0.3, 0.4) is 0 Å². The van der Waals surface area contributed by atoms with Gasteiger partial charge < -0.3 is 5.73 Å². The molecule has 0 amide bonds. The summed E-state index contributed by atoms with van der Waals surface area (Å²) in [5, 5.41) is 0. The van der Waals surface area contributed by atoms with Crippen LogP contribution in [0.15, 0.2) is 17.0 Å². The lowest BCUT2D eigenvalue weighted by atomic mass is 9.79. The second kappa shape index (κ2) is 5.97. The summed E-state index contributed by atoms with van der Waals surface area (Å²) < 4.78 is 28.2. The van der Waals surface area contributed by atoms with Crippen LogP contribution in [-0.2, 0) is 10.0 Å². The lowest BCUT2D eigenvalue weighted by Gasteiger charge is -2.32. The normalized spacial score (nSPS) is 26.8. The van der Waals surface area contributed by atoms with Gasteiger partial charge in [-0.2, -0.15) is 0 Å². The summed E-state index contributed by atoms with van der Waals surface area (Å²) >= 11 is 0. The molecule has 0 spiro atoms. The molecule has 0 radical (unpaired) electrons. The largest absolute Gasteiger partial charge is 0.398 e. The molecule has 3 atom stereocenters. The average molecular weight is 310 g/mol. The zero-order chi connectivity index (χ0) is 15.8. The van der Waals surface area contributed by atoms with Crippen molar-refractivity contribution in [2.24, 2.45) is 11.8 Å². The SMILES string of the molecule is Cc1ccc(N)c(S(=O)(=O)NC2CCC(C)C(C)C2)c1C. The van der Waals surface area contributed by atoms with Crippen LogP contribution in [0.1, 0.15) is 44.2 Å². The molecule has 5 heteroatoms. The van der Waals surface area contributed by atoms with Gasteiger partial charge in [0.2, 0.25) is 10.0 Å². The molecule has 1 fully saturated rings. The van der Waals surface area contributed by atoms with E-state index in [0.29, 0.717) is 17.5 Å². The molecule has 2 rings (SSSR count). The lowest BCUT2D eigenvalue weighted by Crippen LogP contribution is -2.40. The Labute approximate surface area is 128 Å². The molecular weight excluding hydrogens is 284 g/mol. The molecule has 1 aliphatic carbocycles. The molecule has 21 heavy (non-hydrogen) atoms. The van der Waals surface area contributed by atoms with Gasteiger partial charge in [0, 0.05) is 6.04 Å². The van der Waals surface area contributed by atoms with Crippen LogP contribution < -0.4 is 10.5 Å². The van der Waals surface area contributed by atoms with Crippen LogP contribution >= 0.6 is 0 Å². The highest BCUT2D eigenvalue weighted by Gasteiger charge is 2.29. The Balaban J connectivity index is 2.26. The van der Waals surface area contributed by atoms with E-state index >= 15 is 0 Å². The van der Waals surface area contributed by atoms with Gasteiger partial charge in [0.15, 0.2) is 0 Å². The van der Waals surface area contributed by atoms with E-state index in [4.69, 9.17) is 5.73 Å². The number of hydrogen-bond donors (Lipinski definition) is 2. The van der Waals surface area contributed by atoms with E-state index in [-0.39, 0.29) is 10.9 Å². The number of hydrogen-bond acceptors (Lipinski definition) is 3. The molecule has 1 saturated carbocycles. The first-order valence-corrected chi connectivity index (χ1v) is 9.08. The van der Waals surface area contributed by atoms with Crippen LogP contribution in [0.2, 0.25) is 0 Å². The summed E-state index contributed by atoms with van der Waals surface area (Å²) in [6.07, 6.45) is 2.86. The smallest absolute Gasteiger partial charge is 0.243 e. The van der Waals surface area contributed by atoms with Crippen LogP contribution in [-0.4, -0.2) is 14.5 Å². The van der Waals surface area contributed by atoms with E-state index < -0.39 is 10.0 Å². The van der Waals surface area contributed by atoms with Gasteiger partial charge in [0.05, 0.1) is 5.69 Å². The molecular formula is C16H26N2O2S. The summed E-state index contributed by atoms with van der Waals surface area (Å²) in [7, 11) is -3.56. The van der Waals surface area contributed by atoms with Crippen molar-refractivity contribution in [2.75, 3.05) is 5.73 Å². The minimum absolute atomic E-state index is 0.0144. The first kappa shape index (κ1) is 16.3. The third-order valence-corrected chi connectivity index (χ3v) is 6.62. The zero-order valence-corrected chi connectivity index (χ0v) is 14.1. The Kier molecular flexibility index (Phi) is 4.63. The van der Waals surface area contributed by atoms with Crippen molar-refractivity contribution in [2.45, 2.75) is 57.9 Å². The maximum atomic E-state index is 12.7. The van der Waals surface area contributed by atoms with Crippen molar-refractivity contribution in [1.29, 1.82) is 0 Å². The predicted molar refractivity (Wildman–Crippen MR) is 86.6 cm³/mol. The highest BCUT2D eigenvalue weighted by molar-refractivity contribution is 7.89. The van der Waals surface area contributed by atoms with E-state index in [2.05, 4.69) is 18.6 Å². The van der Waals surface area contributed by atoms with Gasteiger partial charge in [-0.15, -0.1) is 0 Å². The number of anilines is 1. The lowest BCUT2D eigenvalue weighted by molar-refractivity contribution is 0.242. The van der Waals surface area contributed by atoms with E-state index in [9.17, 15) is 8.42 Å². The fraction of sp³-hybridized carbons (Fsp3) is 0.625. The van der Waals surface area contributed by atoms with Gasteiger partial charge in [0.25, 0.3) is 0 Å². The topological polar surface area (TPSA) is 72.2 Å². The van der Waals surface area contributed by atoms with Crippen molar-refractivity contribution in [3.63, 3.8) is 0 Å². The summed E-state index contributed by atoms with van der Waals surface area (Å²) in [5.41, 5.74) is 7.91. The maximum Gasteiger partial charge on any atom is 0.243 e. The third kappa shape index (κ3) is 3.40. The Morgan fingerprint density at radius 2 is 1.81 bits per heavy atom. The van der Waals surface area contributed by atoms with Crippen LogP contribution in [0, 0.1) is 25.7 Å². The molecule has 0 saturated heterocycles. The number of sulfonamides is 1. The van der Waals surface area contributed by atoms with Crippen molar-refractivity contribution in [1.82, 2.24) is 4.72 Å². The van der Waals surface area contributed by atoms with Gasteiger partial charge in [-0.3, -0.25) is 0 Å². The number of nitrogens with one attached hydrogen (secondary N) is 1. The number of nitrogen functional groups attached to an aromatic ring is 1. The van der Waals surface area contributed by atoms with Crippen LogP contribution in [0.25, 0.3) is 0 Å². The molecule has 118 valence electrons. The summed E-state index contributed by atoms with van der Waals surface area (Å²) in [6, 6.07) is 3.54. The molecule has 3 unspecified atom stereocenters. The van der Waals surface area contributed by atoms with E-state index in [0.717, 1.165) is 30.4 Å². The molecule has 0 aromatic heterocycles. The number of rotatable bonds is 3. The Morgan fingerprint density at radius 1 is 1.14 bits per heavy atom. The summed E-state index contributed by atoms with van der Waals surface area (Å²) in [5.74, 6) is 1.21. The monoisotopic (exact) mass is 310 g/mol. The number of nitrogens with two attached hydrogens (primary N) is 1. The summed E-state index contributed by atoms with van der Waals surface area (Å²) in [4.78, 5) is 0.244. The Hall–Kier alpha value is -1.07. The quantitative estimate of drug-likeness (QED) is 0.843. The fourth-order valence-corrected chi connectivity index (χ4v) is 4.81. The average Bonchev–Trinajstić information content (AvgIpc) is 2.38. The number of aryl methyl sites for hydroxylation is 1. The molecule has 0 aliphatic heterocycles. The van der Waals surface area contributed by atoms with E-state index in [1.807, 2.05) is 19.9 Å². The predicted octanol–water partition coefficient (Wildman–Crippen LogP) is 2.99. The standard InChI is InChI=1S/C16H26N2O2S/c1-10-5-7-14(9-12(10)3)18-21(19,20)16-13(4)11(2)6-8-15(16)17/h6,8,10,12,14,18H,5,7,9,17H2,1-4H3. The maximum absolute atomic E-state index is 12.7. The minimum Gasteiger partial charge on any atom is -0.398 e. The highest BCUT2D eigenvalue weighted by atomic mass is 32.2. The van der Waals surface area contributed by atoms with Gasteiger partial charge in [-0.1, -0.05) is 19.9 Å². The molecule has 4 nitrogen and oxygen atoms in total. The van der Waals surface area contributed by atoms with Crippen molar-refractivity contribution in [3.8, 4) is 0 Å². The van der Waals surface area contributed by atoms with Gasteiger partial charge in [0.1, 0.15) is 4.90 Å². The first-order valence-electron chi connectivity index (χ1n) is 7.60. The minimum atomic E-state index is -3.56. The highest BCUT2D eigenvalue weighted by Crippen LogP contribution is 2.31. The van der Waals surface area contributed by atoms with Crippen molar-refractivity contribution < 1.29 is 8.42 Å². The molecule has 1 aromatic rings. The second-order valence-electron chi connectivity index (χ2n) is 6.51. The molecule has 0 heterocycles. The van der Waals surface area contributed by atoms with Gasteiger partial charge in [-0.25, -0.2) is 13.1 Å². The van der Waals surface area contributed by atoms with E-state index in [1.165, 1.54) is 0 Å². The summed E-state index contributed by atoms with van der Waals surface area (Å²) in [6.45, 7) is 8.14. The van der Waals surface area contributed by atoms with Crippen molar-refractivity contribution in [3.05, 3.63) is 23.3 Å². The van der Waals surface area contributed by atoms with Gasteiger partial charge in [-0.05, 0) is 62.1 Å². The Bertz CT molecular complexity index is 625. The molecule has 3 N–H and O–H groups in total. The van der Waals surface area contributed by atoms with Crippen LogP contribution in [0.4, 0.5) is 5.69 Å². The van der Waals surface area contributed by atoms with E-state index in [1.54, 1.807) is 6.07 Å². The molecule has 1 aromatic carbocycles.